The van der Waals surface area contributed by atoms with Crippen molar-refractivity contribution in [3.63, 3.8) is 0 Å². The maximum atomic E-state index is 13.6. The summed E-state index contributed by atoms with van der Waals surface area (Å²) < 4.78 is 13.6. The molecule has 0 spiro atoms. The maximum Gasteiger partial charge on any atom is 0.270 e. The molecule has 0 aliphatic heterocycles. The van der Waals surface area contributed by atoms with Gasteiger partial charge in [-0.2, -0.15) is 5.26 Å². The first-order valence-electron chi connectivity index (χ1n) is 11.8. The lowest BCUT2D eigenvalue weighted by Crippen LogP contribution is -2.23. The van der Waals surface area contributed by atoms with E-state index in [1.165, 1.54) is 18.5 Å². The number of nitrogens with one attached hydrogen (secondary N) is 3. The third-order valence-corrected chi connectivity index (χ3v) is 5.66. The third kappa shape index (κ3) is 5.89. The van der Waals surface area contributed by atoms with Crippen molar-refractivity contribution in [1.82, 2.24) is 40.2 Å². The van der Waals surface area contributed by atoms with Gasteiger partial charge in [-0.15, -0.1) is 0 Å². The fourth-order valence-electron chi connectivity index (χ4n) is 3.72. The number of rotatable bonds is 7. The summed E-state index contributed by atoms with van der Waals surface area (Å²) in [6, 6.07) is 12.0. The molecular weight excluding hydrogens is 499 g/mol. The average molecular weight is 521 g/mol. The van der Waals surface area contributed by atoms with Crippen molar-refractivity contribution in [3.05, 3.63) is 95.5 Å². The SMILES string of the molecule is Cc1cc(Nc2c[nH]c(C#N)n2)nc(-c2ccc(C(=O)NCc3ccc(-c4cc(F)cnc4C)nc3)nc2)n1. The largest absolute Gasteiger partial charge is 0.347 e. The number of aryl methyl sites for hydroxylation is 2. The number of nitriles is 1. The molecule has 0 bridgehead atoms. The zero-order valence-electron chi connectivity index (χ0n) is 20.9. The van der Waals surface area contributed by atoms with E-state index in [1.807, 2.05) is 19.1 Å². The van der Waals surface area contributed by atoms with Crippen LogP contribution in [0.15, 0.2) is 61.2 Å². The lowest BCUT2D eigenvalue weighted by molar-refractivity contribution is 0.0946. The molecule has 39 heavy (non-hydrogen) atoms. The number of carbonyl (C=O) groups excluding carboxylic acids is 1. The minimum absolute atomic E-state index is 0.186. The van der Waals surface area contributed by atoms with Crippen molar-refractivity contribution in [2.45, 2.75) is 20.4 Å². The Bertz CT molecular complexity index is 1690. The Hall–Kier alpha value is -5.57. The van der Waals surface area contributed by atoms with E-state index in [2.05, 4.69) is 45.5 Å². The number of carbonyl (C=O) groups is 1. The Morgan fingerprint density at radius 3 is 2.59 bits per heavy atom. The van der Waals surface area contributed by atoms with Crippen molar-refractivity contribution in [1.29, 1.82) is 5.26 Å². The molecule has 0 aliphatic carbocycles. The van der Waals surface area contributed by atoms with Gasteiger partial charge in [-0.1, -0.05) is 6.07 Å². The lowest BCUT2D eigenvalue weighted by Gasteiger charge is -2.09. The van der Waals surface area contributed by atoms with Crippen LogP contribution >= 0.6 is 0 Å². The van der Waals surface area contributed by atoms with E-state index in [1.54, 1.807) is 43.6 Å². The molecule has 1 amide bonds. The number of imidazole rings is 1. The van der Waals surface area contributed by atoms with Crippen LogP contribution in [0.2, 0.25) is 0 Å². The summed E-state index contributed by atoms with van der Waals surface area (Å²) in [5.41, 5.74) is 4.23. The molecule has 11 nitrogen and oxygen atoms in total. The van der Waals surface area contributed by atoms with E-state index in [0.29, 0.717) is 45.7 Å². The molecule has 0 radical (unpaired) electrons. The smallest absolute Gasteiger partial charge is 0.270 e. The van der Waals surface area contributed by atoms with Crippen LogP contribution in [0.5, 0.6) is 0 Å². The highest BCUT2D eigenvalue weighted by Gasteiger charge is 2.12. The fraction of sp³-hybridized carbons (Fsp3) is 0.111. The molecule has 3 N–H and O–H groups in total. The summed E-state index contributed by atoms with van der Waals surface area (Å²) in [6.07, 6.45) is 5.89. The molecular formula is C27H21FN10O. The molecule has 12 heteroatoms. The van der Waals surface area contributed by atoms with Crippen LogP contribution in [0.4, 0.5) is 16.0 Å². The summed E-state index contributed by atoms with van der Waals surface area (Å²) in [5, 5.41) is 14.8. The van der Waals surface area contributed by atoms with E-state index in [4.69, 9.17) is 5.26 Å². The number of nitrogens with zero attached hydrogens (tertiary/aromatic N) is 7. The van der Waals surface area contributed by atoms with Crippen LogP contribution in [0.3, 0.4) is 0 Å². The topological polar surface area (TPSA) is 158 Å². The molecule has 5 aromatic rings. The summed E-state index contributed by atoms with van der Waals surface area (Å²) in [6.45, 7) is 3.86. The zero-order valence-corrected chi connectivity index (χ0v) is 20.9. The predicted molar refractivity (Wildman–Crippen MR) is 140 cm³/mol. The summed E-state index contributed by atoms with van der Waals surface area (Å²) in [5.74, 6) is 0.775. The number of H-pyrrole nitrogens is 1. The number of pyridine rings is 3. The van der Waals surface area contributed by atoms with Crippen molar-refractivity contribution in [2.24, 2.45) is 0 Å². The molecule has 0 unspecified atom stereocenters. The molecule has 5 heterocycles. The molecule has 192 valence electrons. The Balaban J connectivity index is 1.23. The second kappa shape index (κ2) is 10.8. The predicted octanol–water partition coefficient (Wildman–Crippen LogP) is 4.02. The van der Waals surface area contributed by atoms with Crippen molar-refractivity contribution < 1.29 is 9.18 Å². The van der Waals surface area contributed by atoms with Gasteiger partial charge in [-0.3, -0.25) is 19.7 Å². The Morgan fingerprint density at radius 2 is 1.87 bits per heavy atom. The van der Waals surface area contributed by atoms with Gasteiger partial charge in [0.1, 0.15) is 23.4 Å². The number of halogens is 1. The molecule has 5 aromatic heterocycles. The minimum Gasteiger partial charge on any atom is -0.347 e. The van der Waals surface area contributed by atoms with Gasteiger partial charge in [-0.05, 0) is 43.7 Å². The van der Waals surface area contributed by atoms with E-state index < -0.39 is 5.82 Å². The van der Waals surface area contributed by atoms with Crippen LogP contribution in [0.1, 0.15) is 33.3 Å². The molecule has 0 saturated carbocycles. The van der Waals surface area contributed by atoms with Gasteiger partial charge < -0.3 is 15.6 Å². The highest BCUT2D eigenvalue weighted by Crippen LogP contribution is 2.22. The fourth-order valence-corrected chi connectivity index (χ4v) is 3.72. The zero-order chi connectivity index (χ0) is 27.4. The second-order valence-corrected chi connectivity index (χ2v) is 8.54. The lowest BCUT2D eigenvalue weighted by atomic mass is 10.1. The Morgan fingerprint density at radius 1 is 1.00 bits per heavy atom. The molecule has 0 aromatic carbocycles. The van der Waals surface area contributed by atoms with Gasteiger partial charge in [0.25, 0.3) is 5.91 Å². The minimum atomic E-state index is -0.428. The maximum absolute atomic E-state index is 13.6. The average Bonchev–Trinajstić information content (AvgIpc) is 3.40. The molecule has 0 saturated heterocycles. The highest BCUT2D eigenvalue weighted by atomic mass is 19.1. The van der Waals surface area contributed by atoms with Gasteiger partial charge in [0.2, 0.25) is 5.82 Å². The van der Waals surface area contributed by atoms with Crippen LogP contribution in [-0.4, -0.2) is 40.8 Å². The summed E-state index contributed by atoms with van der Waals surface area (Å²) >= 11 is 0. The van der Waals surface area contributed by atoms with Crippen molar-refractivity contribution >= 4 is 17.5 Å². The second-order valence-electron chi connectivity index (χ2n) is 8.54. The molecule has 0 fully saturated rings. The summed E-state index contributed by atoms with van der Waals surface area (Å²) in [7, 11) is 0. The van der Waals surface area contributed by atoms with Gasteiger partial charge in [0.15, 0.2) is 11.6 Å². The van der Waals surface area contributed by atoms with Gasteiger partial charge in [-0.25, -0.2) is 19.3 Å². The molecule has 0 aliphatic rings. The quantitative estimate of drug-likeness (QED) is 0.288. The molecule has 0 atom stereocenters. The normalized spacial score (nSPS) is 10.6. The number of hydrogen-bond donors (Lipinski definition) is 3. The standard InChI is InChI=1S/C27H21FN10O/c1-15-7-23(36-25-14-33-24(9-29)37-25)38-26(35-15)18-4-6-22(32-12-18)27(39)34-11-17-3-5-21(31-10-17)20-8-19(28)13-30-16(20)2/h3-8,10,12-14H,11H2,1-2H3,(H,33,37)(H,34,39)(H,35,36,38). The first-order valence-corrected chi connectivity index (χ1v) is 11.8. The van der Waals surface area contributed by atoms with Crippen LogP contribution in [-0.2, 0) is 6.54 Å². The van der Waals surface area contributed by atoms with E-state index in [-0.39, 0.29) is 24.0 Å². The first kappa shape index (κ1) is 25.1. The number of aromatic nitrogens is 7. The Kier molecular flexibility index (Phi) is 6.96. The number of hydrogen-bond acceptors (Lipinski definition) is 9. The third-order valence-electron chi connectivity index (χ3n) is 5.66. The van der Waals surface area contributed by atoms with Gasteiger partial charge >= 0.3 is 0 Å². The number of anilines is 2. The van der Waals surface area contributed by atoms with Gasteiger partial charge in [0.05, 0.1) is 11.9 Å². The van der Waals surface area contributed by atoms with Crippen molar-refractivity contribution in [2.75, 3.05) is 5.32 Å². The van der Waals surface area contributed by atoms with E-state index >= 15 is 0 Å². The Labute approximate surface area is 222 Å². The monoisotopic (exact) mass is 520 g/mol. The first-order chi connectivity index (χ1) is 18.9. The number of aromatic amines is 1. The van der Waals surface area contributed by atoms with Crippen LogP contribution in [0, 0.1) is 31.0 Å². The van der Waals surface area contributed by atoms with Gasteiger partial charge in [0, 0.05) is 53.7 Å². The van der Waals surface area contributed by atoms with E-state index in [9.17, 15) is 9.18 Å². The summed E-state index contributed by atoms with van der Waals surface area (Å²) in [4.78, 5) is 41.1. The van der Waals surface area contributed by atoms with E-state index in [0.717, 1.165) is 5.56 Å². The van der Waals surface area contributed by atoms with Crippen LogP contribution in [0.25, 0.3) is 22.6 Å². The molecule has 5 rings (SSSR count). The highest BCUT2D eigenvalue weighted by molar-refractivity contribution is 5.92. The number of amides is 1. The van der Waals surface area contributed by atoms with Crippen molar-refractivity contribution in [3.8, 4) is 28.7 Å². The van der Waals surface area contributed by atoms with Crippen LogP contribution < -0.4 is 10.6 Å².